The first-order valence-electron chi connectivity index (χ1n) is 2.53. The van der Waals surface area contributed by atoms with Crippen molar-refractivity contribution in [1.82, 2.24) is 0 Å². The van der Waals surface area contributed by atoms with Crippen LogP contribution < -0.4 is 5.73 Å². The van der Waals surface area contributed by atoms with E-state index < -0.39 is 6.10 Å². The fourth-order valence-electron chi connectivity index (χ4n) is 0.238. The number of aliphatic hydroxyl groups excluding tert-OH is 1. The van der Waals surface area contributed by atoms with Crippen LogP contribution in [-0.2, 0) is 0 Å². The molecule has 0 amide bonds. The first-order valence-corrected chi connectivity index (χ1v) is 2.94. The van der Waals surface area contributed by atoms with E-state index in [9.17, 15) is 0 Å². The number of thiocarbonyl (C=S) groups is 1. The summed E-state index contributed by atoms with van der Waals surface area (Å²) in [5.74, 6) is -0.0648. The summed E-state index contributed by atoms with van der Waals surface area (Å²) < 4.78 is 0. The van der Waals surface area contributed by atoms with Gasteiger partial charge in [-0.15, -0.1) is 0 Å². The van der Waals surface area contributed by atoms with E-state index in [2.05, 4.69) is 12.2 Å². The van der Waals surface area contributed by atoms with Crippen molar-refractivity contribution in [2.24, 2.45) is 11.7 Å². The summed E-state index contributed by atoms with van der Waals surface area (Å²) in [5.41, 5.74) is 5.21. The monoisotopic (exact) mass is 133 g/mol. The van der Waals surface area contributed by atoms with Gasteiger partial charge in [0, 0.05) is 5.92 Å². The fraction of sp³-hybridized carbons (Fsp3) is 0.800. The highest BCUT2D eigenvalue weighted by molar-refractivity contribution is 7.80. The Morgan fingerprint density at radius 2 is 2.00 bits per heavy atom. The lowest BCUT2D eigenvalue weighted by Crippen LogP contribution is -2.27. The van der Waals surface area contributed by atoms with Gasteiger partial charge in [0.1, 0.15) is 0 Å². The smallest absolute Gasteiger partial charge is 0.0781 e. The number of hydrogen-bond donors (Lipinski definition) is 2. The number of aliphatic hydroxyl groups is 1. The minimum atomic E-state index is -0.424. The van der Waals surface area contributed by atoms with Crippen LogP contribution in [0.2, 0.25) is 0 Å². The molecule has 0 fully saturated rings. The standard InChI is InChI=1S/C5H11NOS/c1-3(4(2)7)5(6)8/h3-4,7H,1-2H3,(H2,6,8). The average molecular weight is 133 g/mol. The predicted octanol–water partition coefficient (Wildman–Crippen LogP) is 0.289. The first kappa shape index (κ1) is 7.85. The normalized spacial score (nSPS) is 17.4. The van der Waals surface area contributed by atoms with Crippen molar-refractivity contribution in [3.05, 3.63) is 0 Å². The zero-order valence-corrected chi connectivity index (χ0v) is 5.90. The van der Waals surface area contributed by atoms with Crippen LogP contribution in [0.15, 0.2) is 0 Å². The summed E-state index contributed by atoms with van der Waals surface area (Å²) in [5, 5.41) is 8.82. The molecule has 0 heterocycles. The zero-order chi connectivity index (χ0) is 6.73. The highest BCUT2D eigenvalue weighted by Crippen LogP contribution is 2.00. The Labute approximate surface area is 54.7 Å². The van der Waals surface area contributed by atoms with Crippen LogP contribution in [0, 0.1) is 5.92 Å². The van der Waals surface area contributed by atoms with Gasteiger partial charge in [0.05, 0.1) is 11.1 Å². The SMILES string of the molecule is CC(O)C(C)C(N)=S. The molecule has 0 saturated carbocycles. The highest BCUT2D eigenvalue weighted by Gasteiger charge is 2.09. The average Bonchev–Trinajstić information content (AvgIpc) is 1.64. The highest BCUT2D eigenvalue weighted by atomic mass is 32.1. The quantitative estimate of drug-likeness (QED) is 0.532. The fourth-order valence-corrected chi connectivity index (χ4v) is 0.435. The summed E-state index contributed by atoms with van der Waals surface area (Å²) in [4.78, 5) is 0.375. The molecule has 0 bridgehead atoms. The predicted molar refractivity (Wildman–Crippen MR) is 37.6 cm³/mol. The lowest BCUT2D eigenvalue weighted by molar-refractivity contribution is 0.165. The molecule has 0 aromatic carbocycles. The number of nitrogens with two attached hydrogens (primary N) is 1. The van der Waals surface area contributed by atoms with Crippen molar-refractivity contribution in [3.63, 3.8) is 0 Å². The summed E-state index contributed by atoms with van der Waals surface area (Å²) in [6.07, 6.45) is -0.424. The summed E-state index contributed by atoms with van der Waals surface area (Å²) in [7, 11) is 0. The van der Waals surface area contributed by atoms with Crippen molar-refractivity contribution in [2.45, 2.75) is 20.0 Å². The first-order chi connectivity index (χ1) is 3.55. The van der Waals surface area contributed by atoms with E-state index in [1.807, 2.05) is 0 Å². The van der Waals surface area contributed by atoms with Gasteiger partial charge in [0.15, 0.2) is 0 Å². The molecule has 0 aromatic rings. The van der Waals surface area contributed by atoms with E-state index in [0.29, 0.717) is 4.99 Å². The largest absolute Gasteiger partial charge is 0.393 e. The molecule has 8 heavy (non-hydrogen) atoms. The molecule has 0 aliphatic rings. The summed E-state index contributed by atoms with van der Waals surface area (Å²) >= 11 is 4.61. The van der Waals surface area contributed by atoms with Gasteiger partial charge in [-0.2, -0.15) is 0 Å². The van der Waals surface area contributed by atoms with Crippen LogP contribution in [0.4, 0.5) is 0 Å². The Balaban J connectivity index is 3.64. The molecule has 0 aromatic heterocycles. The van der Waals surface area contributed by atoms with E-state index in [1.165, 1.54) is 0 Å². The third kappa shape index (κ3) is 2.23. The summed E-state index contributed by atoms with van der Waals surface area (Å²) in [6.45, 7) is 3.47. The van der Waals surface area contributed by atoms with E-state index in [-0.39, 0.29) is 5.92 Å². The van der Waals surface area contributed by atoms with Crippen molar-refractivity contribution in [3.8, 4) is 0 Å². The molecule has 0 saturated heterocycles. The van der Waals surface area contributed by atoms with Gasteiger partial charge in [-0.1, -0.05) is 19.1 Å². The molecule has 0 radical (unpaired) electrons. The van der Waals surface area contributed by atoms with E-state index in [1.54, 1.807) is 13.8 Å². The maximum Gasteiger partial charge on any atom is 0.0781 e. The molecule has 0 aliphatic carbocycles. The van der Waals surface area contributed by atoms with Crippen LogP contribution in [-0.4, -0.2) is 16.2 Å². The minimum Gasteiger partial charge on any atom is -0.393 e. The maximum absolute atomic E-state index is 8.82. The minimum absolute atomic E-state index is 0.0648. The number of hydrogen-bond acceptors (Lipinski definition) is 2. The van der Waals surface area contributed by atoms with Crippen molar-refractivity contribution in [2.75, 3.05) is 0 Å². The second kappa shape index (κ2) is 2.99. The van der Waals surface area contributed by atoms with Gasteiger partial charge in [-0.3, -0.25) is 0 Å². The van der Waals surface area contributed by atoms with Gasteiger partial charge < -0.3 is 10.8 Å². The third-order valence-corrected chi connectivity index (χ3v) is 1.54. The van der Waals surface area contributed by atoms with Crippen molar-refractivity contribution in [1.29, 1.82) is 0 Å². The van der Waals surface area contributed by atoms with Gasteiger partial charge in [0.25, 0.3) is 0 Å². The molecular formula is C5H11NOS. The molecule has 3 heteroatoms. The van der Waals surface area contributed by atoms with Crippen LogP contribution in [0.3, 0.4) is 0 Å². The van der Waals surface area contributed by atoms with E-state index >= 15 is 0 Å². The van der Waals surface area contributed by atoms with Gasteiger partial charge in [0.2, 0.25) is 0 Å². The third-order valence-electron chi connectivity index (χ3n) is 1.17. The van der Waals surface area contributed by atoms with Crippen LogP contribution in [0.5, 0.6) is 0 Å². The summed E-state index contributed by atoms with van der Waals surface area (Å²) in [6, 6.07) is 0. The molecule has 0 aliphatic heterocycles. The Bertz CT molecular complexity index is 92.4. The molecule has 0 spiro atoms. The lowest BCUT2D eigenvalue weighted by Gasteiger charge is -2.10. The maximum atomic E-state index is 8.82. The topological polar surface area (TPSA) is 46.2 Å². The second-order valence-electron chi connectivity index (χ2n) is 1.93. The van der Waals surface area contributed by atoms with Gasteiger partial charge >= 0.3 is 0 Å². The molecule has 2 atom stereocenters. The van der Waals surface area contributed by atoms with E-state index in [0.717, 1.165) is 0 Å². The Morgan fingerprint density at radius 1 is 1.62 bits per heavy atom. The van der Waals surface area contributed by atoms with Crippen LogP contribution in [0.25, 0.3) is 0 Å². The molecule has 3 N–H and O–H groups in total. The molecule has 2 unspecified atom stereocenters. The van der Waals surface area contributed by atoms with Crippen LogP contribution in [0.1, 0.15) is 13.8 Å². The molecule has 2 nitrogen and oxygen atoms in total. The van der Waals surface area contributed by atoms with Crippen molar-refractivity contribution < 1.29 is 5.11 Å². The van der Waals surface area contributed by atoms with Gasteiger partial charge in [-0.25, -0.2) is 0 Å². The molecule has 48 valence electrons. The Hall–Kier alpha value is -0.150. The Morgan fingerprint density at radius 3 is 2.00 bits per heavy atom. The molecular weight excluding hydrogens is 122 g/mol. The van der Waals surface area contributed by atoms with Gasteiger partial charge in [-0.05, 0) is 6.92 Å². The van der Waals surface area contributed by atoms with E-state index in [4.69, 9.17) is 10.8 Å². The van der Waals surface area contributed by atoms with Crippen LogP contribution >= 0.6 is 12.2 Å². The molecule has 0 rings (SSSR count). The van der Waals surface area contributed by atoms with Crippen molar-refractivity contribution >= 4 is 17.2 Å². The Kier molecular flexibility index (Phi) is 2.94. The zero-order valence-electron chi connectivity index (χ0n) is 5.09. The number of rotatable bonds is 2. The lowest BCUT2D eigenvalue weighted by atomic mass is 10.1. The second-order valence-corrected chi connectivity index (χ2v) is 2.40.